The number of benzene rings is 2. The minimum atomic E-state index is -0.525. The lowest BCUT2D eigenvalue weighted by atomic mass is 10.1. The molecule has 0 unspecified atom stereocenters. The second kappa shape index (κ2) is 9.98. The lowest BCUT2D eigenvalue weighted by molar-refractivity contribution is -0.142. The van der Waals surface area contributed by atoms with Crippen LogP contribution in [0, 0.1) is 6.92 Å². The zero-order valence-corrected chi connectivity index (χ0v) is 17.4. The van der Waals surface area contributed by atoms with Crippen molar-refractivity contribution in [3.8, 4) is 11.5 Å². The minimum Gasteiger partial charge on any atom is -0.493 e. The van der Waals surface area contributed by atoms with Gasteiger partial charge in [-0.15, -0.1) is 0 Å². The number of hydrogen-bond acceptors (Lipinski definition) is 7. The number of carbonyl (C=O) groups is 2. The number of rotatable bonds is 7. The Morgan fingerprint density at radius 2 is 1.83 bits per heavy atom. The molecule has 2 aromatic rings. The summed E-state index contributed by atoms with van der Waals surface area (Å²) in [5, 5.41) is 2.93. The number of esters is 1. The number of hydrogen-bond donors (Lipinski definition) is 1. The normalized spacial score (nSPS) is 13.5. The molecular weight excluding hydrogens is 388 g/mol. The van der Waals surface area contributed by atoms with Gasteiger partial charge in [0.2, 0.25) is 0 Å². The molecule has 1 saturated heterocycles. The van der Waals surface area contributed by atoms with E-state index in [4.69, 9.17) is 14.2 Å². The Morgan fingerprint density at radius 3 is 2.50 bits per heavy atom. The highest BCUT2D eigenvalue weighted by Crippen LogP contribution is 2.29. The molecule has 3 rings (SSSR count). The molecule has 1 fully saturated rings. The molecule has 1 aliphatic heterocycles. The predicted molar refractivity (Wildman–Crippen MR) is 113 cm³/mol. The molecule has 30 heavy (non-hydrogen) atoms. The van der Waals surface area contributed by atoms with E-state index >= 15 is 0 Å². The maximum atomic E-state index is 12.8. The number of aryl methyl sites for hydroxylation is 1. The van der Waals surface area contributed by atoms with E-state index in [1.807, 2.05) is 19.1 Å². The Morgan fingerprint density at radius 1 is 1.07 bits per heavy atom. The van der Waals surface area contributed by atoms with E-state index in [0.29, 0.717) is 11.3 Å². The van der Waals surface area contributed by atoms with E-state index in [1.165, 1.54) is 20.3 Å². The average Bonchev–Trinajstić information content (AvgIpc) is 2.79. The molecule has 0 bridgehead atoms. The highest BCUT2D eigenvalue weighted by molar-refractivity contribution is 6.05. The molecule has 2 aromatic carbocycles. The van der Waals surface area contributed by atoms with E-state index in [0.717, 1.165) is 43.2 Å². The van der Waals surface area contributed by atoms with Crippen molar-refractivity contribution in [2.24, 2.45) is 0 Å². The zero-order valence-electron chi connectivity index (χ0n) is 17.4. The summed E-state index contributed by atoms with van der Waals surface area (Å²) in [4.78, 5) is 26.4. The monoisotopic (exact) mass is 414 g/mol. The molecule has 1 aliphatic rings. The number of amides is 1. The second-order valence-electron chi connectivity index (χ2n) is 6.78. The van der Waals surface area contributed by atoms with Crippen molar-refractivity contribution in [3.05, 3.63) is 47.5 Å². The molecule has 0 saturated carbocycles. The van der Waals surface area contributed by atoms with Crippen LogP contribution in [0.4, 0.5) is 11.4 Å². The topological polar surface area (TPSA) is 86.3 Å². The lowest BCUT2D eigenvalue weighted by Gasteiger charge is -2.29. The number of methoxy groups -OCH3 is 2. The first kappa shape index (κ1) is 21.4. The molecule has 1 N–H and O–H groups in total. The summed E-state index contributed by atoms with van der Waals surface area (Å²) in [5.41, 5.74) is 3.18. The standard InChI is InChI=1S/C22H26N2O6/c1-15-12-17(24-8-10-29-11-9-24)5-6-18(15)23-22(26)16-4-7-19(27-2)20(13-16)30-14-21(25)28-3/h4-7,12-13H,8-11,14H2,1-3H3,(H,23,26). The SMILES string of the molecule is COC(=O)COc1cc(C(=O)Nc2ccc(N3CCOCC3)cc2C)ccc1OC. The third kappa shape index (κ3) is 5.21. The number of nitrogens with zero attached hydrogens (tertiary/aromatic N) is 1. The van der Waals surface area contributed by atoms with Gasteiger partial charge in [0.05, 0.1) is 27.4 Å². The molecule has 0 atom stereocenters. The third-order valence-electron chi connectivity index (χ3n) is 4.83. The van der Waals surface area contributed by atoms with Gasteiger partial charge in [0.25, 0.3) is 5.91 Å². The van der Waals surface area contributed by atoms with Gasteiger partial charge in [-0.05, 0) is 48.9 Å². The molecule has 1 heterocycles. The van der Waals surface area contributed by atoms with Gasteiger partial charge in [-0.1, -0.05) is 0 Å². The van der Waals surface area contributed by atoms with Gasteiger partial charge >= 0.3 is 5.97 Å². The van der Waals surface area contributed by atoms with Crippen LogP contribution < -0.4 is 19.7 Å². The van der Waals surface area contributed by atoms with Gasteiger partial charge in [0.1, 0.15) is 0 Å². The van der Waals surface area contributed by atoms with Crippen molar-refractivity contribution in [1.82, 2.24) is 0 Å². The largest absolute Gasteiger partial charge is 0.493 e. The smallest absolute Gasteiger partial charge is 0.343 e. The minimum absolute atomic E-state index is 0.278. The summed E-state index contributed by atoms with van der Waals surface area (Å²) in [6.07, 6.45) is 0. The molecular formula is C22H26N2O6. The van der Waals surface area contributed by atoms with Crippen LogP contribution in [-0.2, 0) is 14.3 Å². The predicted octanol–water partition coefficient (Wildman–Crippen LogP) is 2.64. The highest BCUT2D eigenvalue weighted by Gasteiger charge is 2.15. The van der Waals surface area contributed by atoms with Gasteiger partial charge in [-0.25, -0.2) is 4.79 Å². The van der Waals surface area contributed by atoms with Crippen LogP contribution >= 0.6 is 0 Å². The van der Waals surface area contributed by atoms with Crippen LogP contribution in [0.3, 0.4) is 0 Å². The number of ether oxygens (including phenoxy) is 4. The van der Waals surface area contributed by atoms with Crippen molar-refractivity contribution < 1.29 is 28.5 Å². The zero-order chi connectivity index (χ0) is 21.5. The fourth-order valence-electron chi connectivity index (χ4n) is 3.13. The van der Waals surface area contributed by atoms with Gasteiger partial charge in [-0.2, -0.15) is 0 Å². The lowest BCUT2D eigenvalue weighted by Crippen LogP contribution is -2.36. The van der Waals surface area contributed by atoms with Crippen molar-refractivity contribution in [2.45, 2.75) is 6.92 Å². The van der Waals surface area contributed by atoms with Crippen molar-refractivity contribution >= 4 is 23.3 Å². The average molecular weight is 414 g/mol. The van der Waals surface area contributed by atoms with Crippen molar-refractivity contribution in [2.75, 3.05) is 57.3 Å². The molecule has 0 spiro atoms. The van der Waals surface area contributed by atoms with Crippen LogP contribution in [0.5, 0.6) is 11.5 Å². The summed E-state index contributed by atoms with van der Waals surface area (Å²) in [6, 6.07) is 10.7. The molecule has 8 heteroatoms. The number of morpholine rings is 1. The number of anilines is 2. The van der Waals surface area contributed by atoms with E-state index in [2.05, 4.69) is 21.0 Å². The van der Waals surface area contributed by atoms with Crippen LogP contribution in [-0.4, -0.2) is 59.0 Å². The summed E-state index contributed by atoms with van der Waals surface area (Å²) in [7, 11) is 2.76. The molecule has 0 aromatic heterocycles. The first-order chi connectivity index (χ1) is 14.5. The Balaban J connectivity index is 1.72. The van der Waals surface area contributed by atoms with Gasteiger partial charge in [0, 0.05) is 30.0 Å². The molecule has 0 radical (unpaired) electrons. The molecule has 160 valence electrons. The fourth-order valence-corrected chi connectivity index (χ4v) is 3.13. The maximum absolute atomic E-state index is 12.8. The van der Waals surface area contributed by atoms with Crippen LogP contribution in [0.15, 0.2) is 36.4 Å². The summed E-state index contributed by atoms with van der Waals surface area (Å²) >= 11 is 0. The molecule has 8 nitrogen and oxygen atoms in total. The van der Waals surface area contributed by atoms with Crippen molar-refractivity contribution in [3.63, 3.8) is 0 Å². The summed E-state index contributed by atoms with van der Waals surface area (Å²) in [6.45, 7) is 4.82. The van der Waals surface area contributed by atoms with Gasteiger partial charge in [0.15, 0.2) is 18.1 Å². The van der Waals surface area contributed by atoms with E-state index in [-0.39, 0.29) is 18.3 Å². The Hall–Kier alpha value is -3.26. The quantitative estimate of drug-likeness (QED) is 0.697. The molecule has 0 aliphatic carbocycles. The number of carbonyl (C=O) groups excluding carboxylic acids is 2. The Labute approximate surface area is 175 Å². The Bertz CT molecular complexity index is 908. The van der Waals surface area contributed by atoms with E-state index in [9.17, 15) is 9.59 Å². The summed E-state index contributed by atoms with van der Waals surface area (Å²) < 4.78 is 20.6. The van der Waals surface area contributed by atoms with Crippen LogP contribution in [0.25, 0.3) is 0 Å². The van der Waals surface area contributed by atoms with Crippen LogP contribution in [0.1, 0.15) is 15.9 Å². The first-order valence-electron chi connectivity index (χ1n) is 9.64. The third-order valence-corrected chi connectivity index (χ3v) is 4.83. The second-order valence-corrected chi connectivity index (χ2v) is 6.78. The van der Waals surface area contributed by atoms with Gasteiger partial charge in [-0.3, -0.25) is 4.79 Å². The van der Waals surface area contributed by atoms with E-state index < -0.39 is 5.97 Å². The maximum Gasteiger partial charge on any atom is 0.343 e. The van der Waals surface area contributed by atoms with E-state index in [1.54, 1.807) is 12.1 Å². The van der Waals surface area contributed by atoms with Crippen LogP contribution in [0.2, 0.25) is 0 Å². The first-order valence-corrected chi connectivity index (χ1v) is 9.64. The Kier molecular flexibility index (Phi) is 7.13. The summed E-state index contributed by atoms with van der Waals surface area (Å²) in [5.74, 6) is -0.109. The molecule has 1 amide bonds. The highest BCUT2D eigenvalue weighted by atomic mass is 16.6. The number of nitrogens with one attached hydrogen (secondary N) is 1. The van der Waals surface area contributed by atoms with Crippen molar-refractivity contribution in [1.29, 1.82) is 0 Å². The van der Waals surface area contributed by atoms with Gasteiger partial charge < -0.3 is 29.2 Å². The fraction of sp³-hybridized carbons (Fsp3) is 0.364.